The molecule has 0 spiro atoms. The molecule has 0 atom stereocenters. The molecule has 1 aromatic heterocycles. The maximum Gasteiger partial charge on any atom is 0.236 e. The average molecular weight is 384 g/mol. The van der Waals surface area contributed by atoms with Gasteiger partial charge in [-0.15, -0.1) is 0 Å². The fourth-order valence-electron chi connectivity index (χ4n) is 2.44. The molecule has 0 saturated heterocycles. The number of hydrogen-bond donors (Lipinski definition) is 1. The van der Waals surface area contributed by atoms with E-state index in [2.05, 4.69) is 10.3 Å². The van der Waals surface area contributed by atoms with Crippen LogP contribution >= 0.6 is 11.6 Å². The summed E-state index contributed by atoms with van der Waals surface area (Å²) < 4.78 is 16.3. The van der Waals surface area contributed by atoms with Crippen molar-refractivity contribution in [1.29, 1.82) is 5.26 Å². The lowest BCUT2D eigenvalue weighted by Gasteiger charge is -2.05. The van der Waals surface area contributed by atoms with Crippen molar-refractivity contribution >= 4 is 17.5 Å². The molecule has 3 aromatic rings. The number of anilines is 1. The third-order valence-corrected chi connectivity index (χ3v) is 4.14. The number of oxazole rings is 1. The van der Waals surface area contributed by atoms with E-state index < -0.39 is 0 Å². The third-order valence-electron chi connectivity index (χ3n) is 3.82. The number of halogens is 1. The van der Waals surface area contributed by atoms with Crippen LogP contribution in [0.5, 0.6) is 11.5 Å². The van der Waals surface area contributed by atoms with E-state index >= 15 is 0 Å². The molecular weight excluding hydrogens is 366 g/mol. The van der Waals surface area contributed by atoms with Crippen LogP contribution < -0.4 is 14.8 Å². The standard InChI is InChI=1S/C20H18ClN3O3/c1-25-15-8-6-14(7-9-15)10-11-23-20-17(12-22)24-19(27-20)13-26-18-5-3-2-4-16(18)21/h2-9,23H,10-11,13H2,1H3. The first-order chi connectivity index (χ1) is 13.2. The van der Waals surface area contributed by atoms with Crippen LogP contribution in [0.15, 0.2) is 52.9 Å². The van der Waals surface area contributed by atoms with Gasteiger partial charge in [0.2, 0.25) is 17.5 Å². The van der Waals surface area contributed by atoms with Gasteiger partial charge in [0, 0.05) is 6.54 Å². The summed E-state index contributed by atoms with van der Waals surface area (Å²) in [5.74, 6) is 1.99. The zero-order valence-corrected chi connectivity index (χ0v) is 15.5. The first-order valence-electron chi connectivity index (χ1n) is 8.33. The highest BCUT2D eigenvalue weighted by atomic mass is 35.5. The molecule has 0 aliphatic heterocycles. The number of aromatic nitrogens is 1. The number of nitrogens with zero attached hydrogens (tertiary/aromatic N) is 2. The summed E-state index contributed by atoms with van der Waals surface area (Å²) in [5.41, 5.74) is 1.34. The number of methoxy groups -OCH3 is 1. The fraction of sp³-hybridized carbons (Fsp3) is 0.200. The average Bonchev–Trinajstić information content (AvgIpc) is 3.10. The third kappa shape index (κ3) is 4.93. The van der Waals surface area contributed by atoms with Crippen molar-refractivity contribution in [1.82, 2.24) is 4.98 Å². The predicted octanol–water partition coefficient (Wildman–Crippen LogP) is 4.44. The molecule has 2 aromatic carbocycles. The largest absolute Gasteiger partial charge is 0.497 e. The Morgan fingerprint density at radius 2 is 1.96 bits per heavy atom. The molecule has 0 amide bonds. The summed E-state index contributed by atoms with van der Waals surface area (Å²) in [4.78, 5) is 4.15. The van der Waals surface area contributed by atoms with Crippen LogP contribution in [0.4, 0.5) is 5.88 Å². The molecule has 1 N–H and O–H groups in total. The molecule has 7 heteroatoms. The summed E-state index contributed by atoms with van der Waals surface area (Å²) >= 11 is 6.05. The number of rotatable bonds is 8. The minimum absolute atomic E-state index is 0.0819. The number of benzene rings is 2. The van der Waals surface area contributed by atoms with E-state index in [1.807, 2.05) is 42.5 Å². The zero-order chi connectivity index (χ0) is 19.1. The summed E-state index contributed by atoms with van der Waals surface area (Å²) in [5, 5.41) is 12.9. The smallest absolute Gasteiger partial charge is 0.236 e. The topological polar surface area (TPSA) is 80.3 Å². The number of hydrogen-bond acceptors (Lipinski definition) is 6. The van der Waals surface area contributed by atoms with Gasteiger partial charge in [-0.25, -0.2) is 0 Å². The Bertz CT molecular complexity index is 932. The molecule has 0 unspecified atom stereocenters. The van der Waals surface area contributed by atoms with Gasteiger partial charge >= 0.3 is 0 Å². The monoisotopic (exact) mass is 383 g/mol. The van der Waals surface area contributed by atoms with Crippen molar-refractivity contribution in [3.8, 4) is 17.6 Å². The number of para-hydroxylation sites is 1. The van der Waals surface area contributed by atoms with E-state index in [1.54, 1.807) is 19.2 Å². The van der Waals surface area contributed by atoms with Crippen LogP contribution in [0.3, 0.4) is 0 Å². The Morgan fingerprint density at radius 3 is 2.67 bits per heavy atom. The van der Waals surface area contributed by atoms with Crippen LogP contribution in [0.1, 0.15) is 17.1 Å². The van der Waals surface area contributed by atoms with Crippen molar-refractivity contribution in [2.45, 2.75) is 13.0 Å². The van der Waals surface area contributed by atoms with Gasteiger partial charge in [-0.1, -0.05) is 35.9 Å². The Labute approximate surface area is 162 Å². The highest BCUT2D eigenvalue weighted by Crippen LogP contribution is 2.25. The van der Waals surface area contributed by atoms with Crippen LogP contribution in [-0.2, 0) is 13.0 Å². The molecule has 0 bridgehead atoms. The summed E-state index contributed by atoms with van der Waals surface area (Å²) in [6.07, 6.45) is 0.765. The van der Waals surface area contributed by atoms with Crippen molar-refractivity contribution in [3.05, 3.63) is 70.7 Å². The predicted molar refractivity (Wildman–Crippen MR) is 102 cm³/mol. The fourth-order valence-corrected chi connectivity index (χ4v) is 2.63. The van der Waals surface area contributed by atoms with E-state index in [0.717, 1.165) is 17.7 Å². The van der Waals surface area contributed by atoms with Gasteiger partial charge in [0.1, 0.15) is 17.6 Å². The van der Waals surface area contributed by atoms with Gasteiger partial charge in [0.05, 0.1) is 12.1 Å². The van der Waals surface area contributed by atoms with E-state index in [9.17, 15) is 5.26 Å². The van der Waals surface area contributed by atoms with E-state index in [4.69, 9.17) is 25.5 Å². The minimum Gasteiger partial charge on any atom is -0.497 e. The van der Waals surface area contributed by atoms with Gasteiger partial charge in [-0.05, 0) is 36.2 Å². The van der Waals surface area contributed by atoms with Crippen LogP contribution in [-0.4, -0.2) is 18.6 Å². The lowest BCUT2D eigenvalue weighted by atomic mass is 10.1. The normalized spacial score (nSPS) is 10.3. The van der Waals surface area contributed by atoms with Crippen molar-refractivity contribution in [2.24, 2.45) is 0 Å². The number of nitriles is 1. The molecule has 1 heterocycles. The Hall–Kier alpha value is -3.17. The van der Waals surface area contributed by atoms with Gasteiger partial charge < -0.3 is 19.2 Å². The first kappa shape index (κ1) is 18.6. The molecule has 0 aliphatic rings. The molecular formula is C20H18ClN3O3. The Morgan fingerprint density at radius 1 is 1.19 bits per heavy atom. The molecule has 27 heavy (non-hydrogen) atoms. The van der Waals surface area contributed by atoms with Crippen molar-refractivity contribution in [3.63, 3.8) is 0 Å². The molecule has 0 fully saturated rings. The van der Waals surface area contributed by atoms with Gasteiger partial charge in [0.25, 0.3) is 0 Å². The minimum atomic E-state index is 0.0819. The summed E-state index contributed by atoms with van der Waals surface area (Å²) in [6, 6.07) is 17.0. The number of ether oxygens (including phenoxy) is 2. The Kier molecular flexibility index (Phi) is 6.18. The van der Waals surface area contributed by atoms with Crippen LogP contribution in [0.25, 0.3) is 0 Å². The maximum absolute atomic E-state index is 9.25. The zero-order valence-electron chi connectivity index (χ0n) is 14.7. The molecule has 3 rings (SSSR count). The van der Waals surface area contributed by atoms with Gasteiger partial charge in [-0.2, -0.15) is 10.2 Å². The number of nitrogens with one attached hydrogen (secondary N) is 1. The van der Waals surface area contributed by atoms with Gasteiger partial charge in [0.15, 0.2) is 6.61 Å². The van der Waals surface area contributed by atoms with Crippen LogP contribution in [0, 0.1) is 11.3 Å². The van der Waals surface area contributed by atoms with E-state index in [0.29, 0.717) is 29.1 Å². The Balaban J connectivity index is 1.57. The second-order valence-corrected chi connectivity index (χ2v) is 6.05. The SMILES string of the molecule is COc1ccc(CCNc2oc(COc3ccccc3Cl)nc2C#N)cc1. The second-order valence-electron chi connectivity index (χ2n) is 5.64. The molecule has 6 nitrogen and oxygen atoms in total. The summed E-state index contributed by atoms with van der Waals surface area (Å²) in [7, 11) is 1.64. The highest BCUT2D eigenvalue weighted by molar-refractivity contribution is 6.32. The van der Waals surface area contributed by atoms with Gasteiger partial charge in [-0.3, -0.25) is 0 Å². The van der Waals surface area contributed by atoms with Crippen LogP contribution in [0.2, 0.25) is 5.02 Å². The lowest BCUT2D eigenvalue weighted by Crippen LogP contribution is -2.05. The summed E-state index contributed by atoms with van der Waals surface area (Å²) in [6.45, 7) is 0.680. The van der Waals surface area contributed by atoms with E-state index in [-0.39, 0.29) is 12.3 Å². The quantitative estimate of drug-likeness (QED) is 0.619. The van der Waals surface area contributed by atoms with Crippen molar-refractivity contribution < 1.29 is 13.9 Å². The molecule has 0 aliphatic carbocycles. The highest BCUT2D eigenvalue weighted by Gasteiger charge is 2.13. The van der Waals surface area contributed by atoms with E-state index in [1.165, 1.54) is 0 Å². The molecule has 0 radical (unpaired) electrons. The first-order valence-corrected chi connectivity index (χ1v) is 8.71. The second kappa shape index (κ2) is 8.97. The van der Waals surface area contributed by atoms with Crippen molar-refractivity contribution in [2.75, 3.05) is 19.0 Å². The maximum atomic E-state index is 9.25. The molecule has 0 saturated carbocycles. The lowest BCUT2D eigenvalue weighted by molar-refractivity contribution is 0.265. The molecule has 138 valence electrons.